The molecule has 0 saturated heterocycles. The van der Waals surface area contributed by atoms with Crippen LogP contribution in [0.25, 0.3) is 0 Å². The number of hydrogen-bond acceptors (Lipinski definition) is 2. The Kier molecular flexibility index (Phi) is 2.18. The van der Waals surface area contributed by atoms with Crippen molar-refractivity contribution in [3.05, 3.63) is 10.7 Å². The quantitative estimate of drug-likeness (QED) is 0.603. The molecule has 0 spiro atoms. The Morgan fingerprint density at radius 3 is 2.78 bits per heavy atom. The van der Waals surface area contributed by atoms with E-state index in [1.807, 2.05) is 0 Å². The van der Waals surface area contributed by atoms with Gasteiger partial charge in [-0.1, -0.05) is 15.9 Å². The van der Waals surface area contributed by atoms with Gasteiger partial charge in [-0.2, -0.15) is 0 Å². The molecule has 4 heteroatoms. The molecular formula is C5H3Br2NO. The summed E-state index contributed by atoms with van der Waals surface area (Å²) >= 11 is 6.19. The van der Waals surface area contributed by atoms with Gasteiger partial charge < -0.3 is 0 Å². The normalized spacial score (nSPS) is 26.2. The second-order valence-electron chi connectivity index (χ2n) is 1.54. The molecule has 0 aromatic heterocycles. The lowest BCUT2D eigenvalue weighted by Gasteiger charge is -2.03. The van der Waals surface area contributed by atoms with Gasteiger partial charge in [-0.3, -0.25) is 9.79 Å². The van der Waals surface area contributed by atoms with Gasteiger partial charge in [-0.05, 0) is 15.9 Å². The topological polar surface area (TPSA) is 29.4 Å². The Hall–Kier alpha value is 0.0400. The van der Waals surface area contributed by atoms with E-state index in [4.69, 9.17) is 0 Å². The number of carbonyl (C=O) groups is 1. The van der Waals surface area contributed by atoms with E-state index in [0.29, 0.717) is 4.48 Å². The van der Waals surface area contributed by atoms with Crippen molar-refractivity contribution in [2.75, 3.05) is 0 Å². The highest BCUT2D eigenvalue weighted by Crippen LogP contribution is 2.16. The molecule has 0 saturated carbocycles. The molecule has 1 aliphatic rings. The number of halogens is 2. The van der Waals surface area contributed by atoms with E-state index in [0.717, 1.165) is 0 Å². The van der Waals surface area contributed by atoms with Crippen LogP contribution in [0.2, 0.25) is 0 Å². The fourth-order valence-electron chi connectivity index (χ4n) is 0.447. The van der Waals surface area contributed by atoms with Crippen molar-refractivity contribution in [1.82, 2.24) is 0 Å². The van der Waals surface area contributed by atoms with Crippen LogP contribution in [0, 0.1) is 0 Å². The summed E-state index contributed by atoms with van der Waals surface area (Å²) < 4.78 is 0.520. The number of carbonyl (C=O) groups excluding carboxylic acids is 1. The number of aliphatic imine (C=N–C) groups is 1. The number of ketones is 1. The fraction of sp³-hybridized carbons (Fsp3) is 0.200. The van der Waals surface area contributed by atoms with Gasteiger partial charge in [-0.25, -0.2) is 0 Å². The molecule has 0 N–H and O–H groups in total. The average Bonchev–Trinajstić information content (AvgIpc) is 1.83. The second-order valence-corrected chi connectivity index (χ2v) is 3.38. The van der Waals surface area contributed by atoms with Gasteiger partial charge >= 0.3 is 0 Å². The average molecular weight is 253 g/mol. The predicted octanol–water partition coefficient (Wildman–Crippen LogP) is 1.64. The van der Waals surface area contributed by atoms with Crippen molar-refractivity contribution in [1.29, 1.82) is 0 Å². The highest BCUT2D eigenvalue weighted by atomic mass is 79.9. The number of nitrogens with zero attached hydrogens (tertiary/aromatic N) is 1. The maximum atomic E-state index is 10.9. The Labute approximate surface area is 69.3 Å². The summed E-state index contributed by atoms with van der Waals surface area (Å²) in [6.45, 7) is 0. The van der Waals surface area contributed by atoms with Crippen molar-refractivity contribution in [3.8, 4) is 0 Å². The summed E-state index contributed by atoms with van der Waals surface area (Å²) in [5.74, 6) is 0.0185. The third-order valence-electron chi connectivity index (χ3n) is 0.891. The molecule has 0 bridgehead atoms. The van der Waals surface area contributed by atoms with Gasteiger partial charge in [0.15, 0.2) is 5.78 Å². The van der Waals surface area contributed by atoms with Crippen LogP contribution in [0.3, 0.4) is 0 Å². The van der Waals surface area contributed by atoms with Gasteiger partial charge in [0.05, 0.1) is 4.48 Å². The maximum Gasteiger partial charge on any atom is 0.190 e. The third-order valence-corrected chi connectivity index (χ3v) is 2.14. The number of allylic oxidation sites excluding steroid dienone is 1. The molecule has 1 aliphatic heterocycles. The van der Waals surface area contributed by atoms with Crippen molar-refractivity contribution in [2.24, 2.45) is 4.99 Å². The van der Waals surface area contributed by atoms with Crippen LogP contribution in [0.4, 0.5) is 0 Å². The summed E-state index contributed by atoms with van der Waals surface area (Å²) in [7, 11) is 0. The molecule has 9 heavy (non-hydrogen) atoms. The van der Waals surface area contributed by atoms with E-state index >= 15 is 0 Å². The minimum atomic E-state index is -0.253. The largest absolute Gasteiger partial charge is 0.292 e. The lowest BCUT2D eigenvalue weighted by atomic mass is 10.3. The van der Waals surface area contributed by atoms with Gasteiger partial charge in [0, 0.05) is 12.4 Å². The van der Waals surface area contributed by atoms with Gasteiger partial charge in [-0.15, -0.1) is 0 Å². The SMILES string of the molecule is O=C1C(Br)=CN=C[C@@H]1Br. The summed E-state index contributed by atoms with van der Waals surface area (Å²) in [5, 5.41) is 0. The standard InChI is InChI=1S/C5H3Br2NO/c6-3-1-8-2-4(7)5(3)9/h1-3H/t3-/m0/s1. The molecule has 2 nitrogen and oxygen atoms in total. The number of Topliss-reactive ketones (excluding diaryl/α,β-unsaturated/α-hetero) is 1. The van der Waals surface area contributed by atoms with E-state index in [1.54, 1.807) is 6.21 Å². The van der Waals surface area contributed by atoms with Gasteiger partial charge in [0.25, 0.3) is 0 Å². The Morgan fingerprint density at radius 2 is 2.33 bits per heavy atom. The molecule has 0 fully saturated rings. The predicted molar refractivity (Wildman–Crippen MR) is 43.2 cm³/mol. The number of hydrogen-bond donors (Lipinski definition) is 0. The Balaban J connectivity index is 2.86. The summed E-state index contributed by atoms with van der Waals surface area (Å²) in [6, 6.07) is 0. The molecular weight excluding hydrogens is 250 g/mol. The zero-order valence-electron chi connectivity index (χ0n) is 4.34. The second kappa shape index (κ2) is 2.75. The van der Waals surface area contributed by atoms with Crippen LogP contribution >= 0.6 is 31.9 Å². The smallest absolute Gasteiger partial charge is 0.190 e. The van der Waals surface area contributed by atoms with E-state index in [1.165, 1.54) is 6.20 Å². The molecule has 1 heterocycles. The van der Waals surface area contributed by atoms with Crippen LogP contribution in [0.15, 0.2) is 15.7 Å². The first-order chi connectivity index (χ1) is 4.22. The lowest BCUT2D eigenvalue weighted by molar-refractivity contribution is -0.113. The van der Waals surface area contributed by atoms with Crippen molar-refractivity contribution < 1.29 is 4.79 Å². The van der Waals surface area contributed by atoms with E-state index in [9.17, 15) is 4.79 Å². The molecule has 0 unspecified atom stereocenters. The molecule has 0 radical (unpaired) electrons. The molecule has 1 rings (SSSR count). The minimum Gasteiger partial charge on any atom is -0.292 e. The number of rotatable bonds is 0. The Bertz CT molecular complexity index is 197. The van der Waals surface area contributed by atoms with Crippen LogP contribution < -0.4 is 0 Å². The third kappa shape index (κ3) is 1.49. The first-order valence-corrected chi connectivity index (χ1v) is 4.00. The molecule has 0 aromatic carbocycles. The van der Waals surface area contributed by atoms with Crippen molar-refractivity contribution in [2.45, 2.75) is 4.83 Å². The van der Waals surface area contributed by atoms with Crippen molar-refractivity contribution >= 4 is 43.9 Å². The van der Waals surface area contributed by atoms with E-state index in [2.05, 4.69) is 36.9 Å². The van der Waals surface area contributed by atoms with Gasteiger partial charge in [0.1, 0.15) is 4.83 Å². The highest BCUT2D eigenvalue weighted by Gasteiger charge is 2.17. The summed E-state index contributed by atoms with van der Waals surface area (Å²) in [5.41, 5.74) is 0. The maximum absolute atomic E-state index is 10.9. The van der Waals surface area contributed by atoms with E-state index < -0.39 is 0 Å². The zero-order valence-corrected chi connectivity index (χ0v) is 7.52. The van der Waals surface area contributed by atoms with Crippen LogP contribution in [-0.4, -0.2) is 16.8 Å². The summed E-state index contributed by atoms with van der Waals surface area (Å²) in [4.78, 5) is 14.4. The van der Waals surface area contributed by atoms with Crippen LogP contribution in [0.5, 0.6) is 0 Å². The van der Waals surface area contributed by atoms with Crippen molar-refractivity contribution in [3.63, 3.8) is 0 Å². The molecule has 0 amide bonds. The Morgan fingerprint density at radius 1 is 1.67 bits per heavy atom. The highest BCUT2D eigenvalue weighted by molar-refractivity contribution is 9.12. The first-order valence-electron chi connectivity index (χ1n) is 2.29. The first kappa shape index (κ1) is 7.15. The molecule has 48 valence electrons. The van der Waals surface area contributed by atoms with Gasteiger partial charge in [0.2, 0.25) is 0 Å². The number of alkyl halides is 1. The molecule has 0 aliphatic carbocycles. The molecule has 0 aromatic rings. The molecule has 1 atom stereocenters. The summed E-state index contributed by atoms with van der Waals surface area (Å²) in [6.07, 6.45) is 3.03. The fourth-order valence-corrected chi connectivity index (χ4v) is 1.50. The monoisotopic (exact) mass is 251 g/mol. The van der Waals surface area contributed by atoms with E-state index in [-0.39, 0.29) is 10.6 Å². The minimum absolute atomic E-state index is 0.0185. The van der Waals surface area contributed by atoms with Crippen LogP contribution in [0.1, 0.15) is 0 Å². The zero-order chi connectivity index (χ0) is 6.85. The van der Waals surface area contributed by atoms with Crippen LogP contribution in [-0.2, 0) is 4.79 Å². The lowest BCUT2D eigenvalue weighted by Crippen LogP contribution is -2.17.